The average Bonchev–Trinajstić information content (AvgIpc) is 3.62. The van der Waals surface area contributed by atoms with Gasteiger partial charge in [-0.1, -0.05) is 30.3 Å². The summed E-state index contributed by atoms with van der Waals surface area (Å²) in [5, 5.41) is 2.96. The number of ether oxygens (including phenoxy) is 1. The summed E-state index contributed by atoms with van der Waals surface area (Å²) in [6.07, 6.45) is 1.54. The fourth-order valence-electron chi connectivity index (χ4n) is 3.82. The molecule has 1 N–H and O–H groups in total. The van der Waals surface area contributed by atoms with Crippen molar-refractivity contribution in [3.63, 3.8) is 0 Å². The van der Waals surface area contributed by atoms with Crippen LogP contribution >= 0.6 is 0 Å². The summed E-state index contributed by atoms with van der Waals surface area (Å²) in [7, 11) is 1.04. The van der Waals surface area contributed by atoms with E-state index in [1.54, 1.807) is 31.4 Å². The molecule has 0 radical (unpaired) electrons. The predicted molar refractivity (Wildman–Crippen MR) is 128 cm³/mol. The van der Waals surface area contributed by atoms with Crippen LogP contribution in [0.4, 0.5) is 5.82 Å². The average molecular weight is 466 g/mol. The van der Waals surface area contributed by atoms with Gasteiger partial charge < -0.3 is 10.1 Å². The van der Waals surface area contributed by atoms with Crippen LogP contribution in [0.15, 0.2) is 65.6 Å². The van der Waals surface area contributed by atoms with Gasteiger partial charge in [0.25, 0.3) is 0 Å². The highest BCUT2D eigenvalue weighted by atomic mass is 32.2. The SMILES string of the molecule is COc1ccc(C2(C(=O)Nc3ccc(C)c(-c4cccc(S(=O)(=O)N(C)C)c4)n3)CC2)cc1. The van der Waals surface area contributed by atoms with Gasteiger partial charge in [-0.05, 0) is 61.2 Å². The largest absolute Gasteiger partial charge is 0.497 e. The number of rotatable bonds is 7. The number of pyridine rings is 1. The number of aryl methyl sites for hydroxylation is 1. The van der Waals surface area contributed by atoms with E-state index in [2.05, 4.69) is 10.3 Å². The Labute approximate surface area is 194 Å². The number of nitrogens with one attached hydrogen (secondary N) is 1. The minimum Gasteiger partial charge on any atom is -0.497 e. The summed E-state index contributed by atoms with van der Waals surface area (Å²) in [6.45, 7) is 1.90. The number of anilines is 1. The van der Waals surface area contributed by atoms with Gasteiger partial charge in [-0.25, -0.2) is 17.7 Å². The van der Waals surface area contributed by atoms with Crippen molar-refractivity contribution in [3.8, 4) is 17.0 Å². The molecular formula is C25H27N3O4S. The van der Waals surface area contributed by atoms with Crippen LogP contribution in [0.25, 0.3) is 11.3 Å². The fraction of sp³-hybridized carbons (Fsp3) is 0.280. The molecule has 0 bridgehead atoms. The minimum atomic E-state index is -3.57. The third-order valence-corrected chi connectivity index (χ3v) is 7.86. The predicted octanol–water partition coefficient (Wildman–Crippen LogP) is 3.99. The van der Waals surface area contributed by atoms with Crippen LogP contribution in [-0.4, -0.2) is 44.8 Å². The summed E-state index contributed by atoms with van der Waals surface area (Å²) in [5.41, 5.74) is 2.57. The van der Waals surface area contributed by atoms with Crippen molar-refractivity contribution in [1.82, 2.24) is 9.29 Å². The Morgan fingerprint density at radius 2 is 1.76 bits per heavy atom. The third-order valence-electron chi connectivity index (χ3n) is 6.05. The molecule has 1 aromatic heterocycles. The number of carbonyl (C=O) groups is 1. The number of carbonyl (C=O) groups excluding carboxylic acids is 1. The van der Waals surface area contributed by atoms with Crippen molar-refractivity contribution < 1.29 is 17.9 Å². The van der Waals surface area contributed by atoms with Gasteiger partial charge in [-0.2, -0.15) is 0 Å². The highest BCUT2D eigenvalue weighted by molar-refractivity contribution is 7.89. The van der Waals surface area contributed by atoms with Gasteiger partial charge in [0, 0.05) is 19.7 Å². The lowest BCUT2D eigenvalue weighted by atomic mass is 9.95. The van der Waals surface area contributed by atoms with Crippen LogP contribution in [0.2, 0.25) is 0 Å². The Bertz CT molecular complexity index is 1300. The highest BCUT2D eigenvalue weighted by Crippen LogP contribution is 2.49. The number of aromatic nitrogens is 1. The molecule has 0 aliphatic heterocycles. The first-order valence-corrected chi connectivity index (χ1v) is 12.1. The molecular weight excluding hydrogens is 438 g/mol. The molecule has 1 aliphatic rings. The van der Waals surface area contributed by atoms with E-state index in [-0.39, 0.29) is 10.8 Å². The van der Waals surface area contributed by atoms with Crippen molar-refractivity contribution in [1.29, 1.82) is 0 Å². The van der Waals surface area contributed by atoms with Crippen LogP contribution in [0.3, 0.4) is 0 Å². The molecule has 2 aromatic carbocycles. The Kier molecular flexibility index (Phi) is 5.99. The fourth-order valence-corrected chi connectivity index (χ4v) is 4.77. The first-order chi connectivity index (χ1) is 15.7. The first kappa shape index (κ1) is 22.9. The Balaban J connectivity index is 1.61. The number of sulfonamides is 1. The lowest BCUT2D eigenvalue weighted by Gasteiger charge is -2.17. The number of amides is 1. The maximum absolute atomic E-state index is 13.2. The normalized spacial score (nSPS) is 14.7. The van der Waals surface area contributed by atoms with E-state index >= 15 is 0 Å². The van der Waals surface area contributed by atoms with Gasteiger partial charge in [0.1, 0.15) is 11.6 Å². The summed E-state index contributed by atoms with van der Waals surface area (Å²) >= 11 is 0. The second kappa shape index (κ2) is 8.61. The van der Waals surface area contributed by atoms with Crippen LogP contribution in [0, 0.1) is 6.92 Å². The topological polar surface area (TPSA) is 88.6 Å². The standard InChI is InChI=1S/C25H27N3O4S/c1-17-8-13-22(26-23(17)18-6-5-7-21(16-18)33(30,31)28(2)3)27-24(29)25(14-15-25)19-9-11-20(32-4)12-10-19/h5-13,16H,14-15H2,1-4H3,(H,26,27,29). The molecule has 0 spiro atoms. The van der Waals surface area contributed by atoms with E-state index < -0.39 is 15.4 Å². The zero-order valence-electron chi connectivity index (χ0n) is 19.1. The molecule has 0 atom stereocenters. The molecule has 172 valence electrons. The van der Waals surface area contributed by atoms with Crippen molar-refractivity contribution >= 4 is 21.7 Å². The van der Waals surface area contributed by atoms with Gasteiger partial charge in [-0.15, -0.1) is 0 Å². The molecule has 33 heavy (non-hydrogen) atoms. The number of hydrogen-bond acceptors (Lipinski definition) is 5. The molecule has 7 nitrogen and oxygen atoms in total. The smallest absolute Gasteiger partial charge is 0.242 e. The number of hydrogen-bond donors (Lipinski definition) is 1. The molecule has 3 aromatic rings. The second-order valence-corrected chi connectivity index (χ2v) is 10.6. The van der Waals surface area contributed by atoms with E-state index in [0.717, 1.165) is 29.7 Å². The molecule has 1 amide bonds. The number of benzene rings is 2. The summed E-state index contributed by atoms with van der Waals surface area (Å²) in [5.74, 6) is 1.08. The molecule has 0 saturated heterocycles. The van der Waals surface area contributed by atoms with Crippen LogP contribution < -0.4 is 10.1 Å². The first-order valence-electron chi connectivity index (χ1n) is 10.6. The van der Waals surface area contributed by atoms with Crippen molar-refractivity contribution in [2.75, 3.05) is 26.5 Å². The maximum atomic E-state index is 13.2. The molecule has 4 rings (SSSR count). The molecule has 0 unspecified atom stereocenters. The van der Waals surface area contributed by atoms with Crippen LogP contribution in [-0.2, 0) is 20.2 Å². The van der Waals surface area contributed by atoms with E-state index in [4.69, 9.17) is 4.74 Å². The molecule has 1 aliphatic carbocycles. The maximum Gasteiger partial charge on any atom is 0.242 e. The van der Waals surface area contributed by atoms with E-state index in [1.807, 2.05) is 43.3 Å². The van der Waals surface area contributed by atoms with E-state index in [9.17, 15) is 13.2 Å². The monoisotopic (exact) mass is 465 g/mol. The Morgan fingerprint density at radius 3 is 2.36 bits per heavy atom. The number of nitrogens with zero attached hydrogens (tertiary/aromatic N) is 2. The van der Waals surface area contributed by atoms with E-state index in [1.165, 1.54) is 18.4 Å². The van der Waals surface area contributed by atoms with Crippen LogP contribution in [0.1, 0.15) is 24.0 Å². The van der Waals surface area contributed by atoms with Gasteiger partial charge in [0.2, 0.25) is 15.9 Å². The lowest BCUT2D eigenvalue weighted by molar-refractivity contribution is -0.118. The van der Waals surface area contributed by atoms with Crippen molar-refractivity contribution in [2.45, 2.75) is 30.1 Å². The van der Waals surface area contributed by atoms with Gasteiger partial charge in [-0.3, -0.25) is 4.79 Å². The minimum absolute atomic E-state index is 0.0982. The van der Waals surface area contributed by atoms with E-state index in [0.29, 0.717) is 17.1 Å². The third kappa shape index (κ3) is 4.36. The summed E-state index contributed by atoms with van der Waals surface area (Å²) in [6, 6.07) is 17.9. The van der Waals surface area contributed by atoms with Gasteiger partial charge >= 0.3 is 0 Å². The summed E-state index contributed by atoms with van der Waals surface area (Å²) < 4.78 is 31.5. The highest BCUT2D eigenvalue weighted by Gasteiger charge is 2.51. The zero-order valence-corrected chi connectivity index (χ0v) is 19.9. The zero-order chi connectivity index (χ0) is 23.8. The molecule has 1 saturated carbocycles. The van der Waals surface area contributed by atoms with Crippen molar-refractivity contribution in [2.24, 2.45) is 0 Å². The van der Waals surface area contributed by atoms with Gasteiger partial charge in [0.15, 0.2) is 0 Å². The Morgan fingerprint density at radius 1 is 1.06 bits per heavy atom. The van der Waals surface area contributed by atoms with Crippen LogP contribution in [0.5, 0.6) is 5.75 Å². The summed E-state index contributed by atoms with van der Waals surface area (Å²) in [4.78, 5) is 18.0. The quantitative estimate of drug-likeness (QED) is 0.570. The van der Waals surface area contributed by atoms with Crippen molar-refractivity contribution in [3.05, 3.63) is 71.8 Å². The Hall–Kier alpha value is -3.23. The molecule has 8 heteroatoms. The van der Waals surface area contributed by atoms with Gasteiger partial charge in [0.05, 0.1) is 23.1 Å². The second-order valence-electron chi connectivity index (χ2n) is 8.44. The molecule has 1 fully saturated rings. The lowest BCUT2D eigenvalue weighted by Crippen LogP contribution is -2.28. The molecule has 1 heterocycles. The number of methoxy groups -OCH3 is 1.